The van der Waals surface area contributed by atoms with Gasteiger partial charge in [0.05, 0.1) is 11.3 Å². The summed E-state index contributed by atoms with van der Waals surface area (Å²) < 4.78 is 0. The molecule has 0 saturated carbocycles. The summed E-state index contributed by atoms with van der Waals surface area (Å²) in [6, 6.07) is 5.09. The van der Waals surface area contributed by atoms with Crippen LogP contribution in [0.5, 0.6) is 0 Å². The van der Waals surface area contributed by atoms with E-state index in [0.717, 1.165) is 25.2 Å². The van der Waals surface area contributed by atoms with E-state index in [1.807, 2.05) is 6.07 Å². The van der Waals surface area contributed by atoms with Crippen molar-refractivity contribution in [1.29, 1.82) is 0 Å². The molecule has 2 rings (SSSR count). The van der Waals surface area contributed by atoms with Gasteiger partial charge >= 0.3 is 5.97 Å². The fourth-order valence-corrected chi connectivity index (χ4v) is 2.54. The first kappa shape index (κ1) is 12.2. The molecule has 0 bridgehead atoms. The lowest BCUT2D eigenvalue weighted by atomic mass is 9.99. The molecule has 4 heteroatoms. The van der Waals surface area contributed by atoms with E-state index in [4.69, 9.17) is 11.6 Å². The van der Waals surface area contributed by atoms with Crippen molar-refractivity contribution in [1.82, 2.24) is 0 Å². The Hall–Kier alpha value is -1.22. The number of carbonyl (C=O) groups is 1. The number of halogens is 1. The maximum Gasteiger partial charge on any atom is 0.337 e. The zero-order valence-electron chi connectivity index (χ0n) is 9.82. The molecular formula is C13H16ClNO2. The number of rotatable bonds is 2. The molecule has 92 valence electrons. The van der Waals surface area contributed by atoms with E-state index in [0.29, 0.717) is 16.5 Å². The van der Waals surface area contributed by atoms with Crippen LogP contribution in [0.1, 0.15) is 30.1 Å². The van der Waals surface area contributed by atoms with Crippen LogP contribution in [0.15, 0.2) is 18.2 Å². The topological polar surface area (TPSA) is 40.5 Å². The van der Waals surface area contributed by atoms with Gasteiger partial charge in [-0.1, -0.05) is 18.5 Å². The molecule has 1 aliphatic heterocycles. The van der Waals surface area contributed by atoms with Crippen LogP contribution in [-0.2, 0) is 0 Å². The van der Waals surface area contributed by atoms with Gasteiger partial charge in [0, 0.05) is 18.1 Å². The van der Waals surface area contributed by atoms with Crippen molar-refractivity contribution >= 4 is 23.3 Å². The van der Waals surface area contributed by atoms with Crippen molar-refractivity contribution in [3.8, 4) is 0 Å². The van der Waals surface area contributed by atoms with Crippen LogP contribution in [0, 0.1) is 5.92 Å². The molecular weight excluding hydrogens is 238 g/mol. The number of nitrogens with zero attached hydrogens (tertiary/aromatic N) is 1. The van der Waals surface area contributed by atoms with E-state index in [2.05, 4.69) is 11.8 Å². The zero-order chi connectivity index (χ0) is 12.4. The highest BCUT2D eigenvalue weighted by atomic mass is 35.5. The Morgan fingerprint density at radius 2 is 2.29 bits per heavy atom. The number of hydrogen-bond donors (Lipinski definition) is 1. The number of aromatic carboxylic acids is 1. The standard InChI is InChI=1S/C13H16ClNO2/c1-9-3-2-6-15(8-9)12-5-4-10(14)7-11(12)13(16)17/h4-5,7,9H,2-3,6,8H2,1H3,(H,16,17). The quantitative estimate of drug-likeness (QED) is 0.879. The Kier molecular flexibility index (Phi) is 3.57. The summed E-state index contributed by atoms with van der Waals surface area (Å²) in [7, 11) is 0. The van der Waals surface area contributed by atoms with Gasteiger partial charge in [-0.3, -0.25) is 0 Å². The summed E-state index contributed by atoms with van der Waals surface area (Å²) in [6.45, 7) is 4.04. The average Bonchev–Trinajstić information content (AvgIpc) is 2.28. The van der Waals surface area contributed by atoms with Gasteiger partial charge in [-0.2, -0.15) is 0 Å². The highest BCUT2D eigenvalue weighted by molar-refractivity contribution is 6.31. The Morgan fingerprint density at radius 3 is 2.94 bits per heavy atom. The van der Waals surface area contributed by atoms with Crippen LogP contribution in [0.3, 0.4) is 0 Å². The maximum absolute atomic E-state index is 11.2. The van der Waals surface area contributed by atoms with E-state index >= 15 is 0 Å². The predicted molar refractivity (Wildman–Crippen MR) is 69.0 cm³/mol. The van der Waals surface area contributed by atoms with Crippen molar-refractivity contribution < 1.29 is 9.90 Å². The van der Waals surface area contributed by atoms with Crippen molar-refractivity contribution in [2.24, 2.45) is 5.92 Å². The average molecular weight is 254 g/mol. The van der Waals surface area contributed by atoms with Crippen LogP contribution >= 0.6 is 11.6 Å². The van der Waals surface area contributed by atoms with Crippen molar-refractivity contribution in [2.75, 3.05) is 18.0 Å². The largest absolute Gasteiger partial charge is 0.478 e. The Labute approximate surface area is 106 Å². The Bertz CT molecular complexity index is 433. The molecule has 1 atom stereocenters. The van der Waals surface area contributed by atoms with Crippen LogP contribution in [0.4, 0.5) is 5.69 Å². The SMILES string of the molecule is CC1CCCN(c2ccc(Cl)cc2C(=O)O)C1. The molecule has 0 aliphatic carbocycles. The summed E-state index contributed by atoms with van der Waals surface area (Å²) in [5, 5.41) is 9.67. The molecule has 1 aliphatic rings. The number of carboxylic acids is 1. The first-order valence-electron chi connectivity index (χ1n) is 5.85. The Balaban J connectivity index is 2.33. The zero-order valence-corrected chi connectivity index (χ0v) is 10.6. The van der Waals surface area contributed by atoms with Gasteiger partial charge in [0.1, 0.15) is 0 Å². The molecule has 0 radical (unpaired) electrons. The third kappa shape index (κ3) is 2.72. The van der Waals surface area contributed by atoms with Crippen LogP contribution in [0.2, 0.25) is 5.02 Å². The molecule has 1 N–H and O–H groups in total. The van der Waals surface area contributed by atoms with Gasteiger partial charge in [-0.25, -0.2) is 4.79 Å². The van der Waals surface area contributed by atoms with Crippen LogP contribution in [0.25, 0.3) is 0 Å². The highest BCUT2D eigenvalue weighted by Gasteiger charge is 2.21. The minimum atomic E-state index is -0.916. The predicted octanol–water partition coefficient (Wildman–Crippen LogP) is 3.27. The number of piperidine rings is 1. The summed E-state index contributed by atoms with van der Waals surface area (Å²) >= 11 is 5.85. The molecule has 1 fully saturated rings. The summed E-state index contributed by atoms with van der Waals surface area (Å²) in [4.78, 5) is 13.4. The lowest BCUT2D eigenvalue weighted by Gasteiger charge is -2.33. The summed E-state index contributed by atoms with van der Waals surface area (Å²) in [5.74, 6) is -0.304. The van der Waals surface area contributed by atoms with E-state index in [1.165, 1.54) is 12.5 Å². The molecule has 1 aromatic carbocycles. The molecule has 3 nitrogen and oxygen atoms in total. The summed E-state index contributed by atoms with van der Waals surface area (Å²) in [5.41, 5.74) is 1.08. The lowest BCUT2D eigenvalue weighted by Crippen LogP contribution is -2.35. The van der Waals surface area contributed by atoms with Crippen molar-refractivity contribution in [3.63, 3.8) is 0 Å². The van der Waals surface area contributed by atoms with Gasteiger partial charge in [-0.15, -0.1) is 0 Å². The van der Waals surface area contributed by atoms with Gasteiger partial charge < -0.3 is 10.0 Å². The van der Waals surface area contributed by atoms with Gasteiger partial charge in [0.2, 0.25) is 0 Å². The van der Waals surface area contributed by atoms with E-state index in [1.54, 1.807) is 6.07 Å². The second-order valence-corrected chi connectivity index (χ2v) is 5.10. The molecule has 17 heavy (non-hydrogen) atoms. The molecule has 1 heterocycles. The number of carboxylic acid groups (broad SMARTS) is 1. The molecule has 0 amide bonds. The molecule has 1 unspecified atom stereocenters. The second kappa shape index (κ2) is 4.96. The summed E-state index contributed by atoms with van der Waals surface area (Å²) in [6.07, 6.45) is 2.33. The first-order chi connectivity index (χ1) is 8.08. The van der Waals surface area contributed by atoms with Gasteiger partial charge in [0.25, 0.3) is 0 Å². The molecule has 0 spiro atoms. The van der Waals surface area contributed by atoms with E-state index in [-0.39, 0.29) is 0 Å². The maximum atomic E-state index is 11.2. The van der Waals surface area contributed by atoms with Crippen LogP contribution in [-0.4, -0.2) is 24.2 Å². The molecule has 0 aromatic heterocycles. The minimum absolute atomic E-state index is 0.298. The smallest absolute Gasteiger partial charge is 0.337 e. The van der Waals surface area contributed by atoms with E-state index < -0.39 is 5.97 Å². The van der Waals surface area contributed by atoms with Gasteiger partial charge in [0.15, 0.2) is 0 Å². The molecule has 1 saturated heterocycles. The van der Waals surface area contributed by atoms with E-state index in [9.17, 15) is 9.90 Å². The number of anilines is 1. The Morgan fingerprint density at radius 1 is 1.53 bits per heavy atom. The fourth-order valence-electron chi connectivity index (χ4n) is 2.36. The van der Waals surface area contributed by atoms with Gasteiger partial charge in [-0.05, 0) is 37.0 Å². The van der Waals surface area contributed by atoms with Crippen LogP contribution < -0.4 is 4.90 Å². The third-order valence-corrected chi connectivity index (χ3v) is 3.42. The number of hydrogen-bond acceptors (Lipinski definition) is 2. The monoisotopic (exact) mass is 253 g/mol. The van der Waals surface area contributed by atoms with Crippen molar-refractivity contribution in [2.45, 2.75) is 19.8 Å². The highest BCUT2D eigenvalue weighted by Crippen LogP contribution is 2.28. The lowest BCUT2D eigenvalue weighted by molar-refractivity contribution is 0.0697. The normalized spacial score (nSPS) is 20.4. The second-order valence-electron chi connectivity index (χ2n) is 4.66. The first-order valence-corrected chi connectivity index (χ1v) is 6.23. The van der Waals surface area contributed by atoms with Crippen molar-refractivity contribution in [3.05, 3.63) is 28.8 Å². The molecule has 1 aromatic rings. The fraction of sp³-hybridized carbons (Fsp3) is 0.462. The minimum Gasteiger partial charge on any atom is -0.478 e. The third-order valence-electron chi connectivity index (χ3n) is 3.19. The number of benzene rings is 1.